The molecule has 2 aromatic heterocycles. The summed E-state index contributed by atoms with van der Waals surface area (Å²) in [4.78, 5) is 9.30. The van der Waals surface area contributed by atoms with Gasteiger partial charge in [-0.2, -0.15) is 0 Å². The zero-order valence-electron chi connectivity index (χ0n) is 14.7. The molecule has 3 heterocycles. The minimum Gasteiger partial charge on any atom is -1.00 e. The quantitative estimate of drug-likeness (QED) is 0.578. The Morgan fingerprint density at radius 2 is 1.81 bits per heavy atom. The molecule has 2 aromatic carbocycles. The summed E-state index contributed by atoms with van der Waals surface area (Å²) >= 11 is 0. The summed E-state index contributed by atoms with van der Waals surface area (Å²) < 4.78 is 17.3. The standard InChI is InChI=1S/C20H17N3O3.ClH/c1-2-17-22-18-13-5-3-4-6-14(13)26-19(18)20(23-17)21-12-7-8-15-16(11-12)25-10-9-24-15;/h3-8,11H,2,9-10H2,1H3,(H,21,22,23);1H/p-1. The second kappa shape index (κ2) is 6.96. The Hall–Kier alpha value is -2.99. The fourth-order valence-electron chi connectivity index (χ4n) is 3.14. The maximum absolute atomic E-state index is 6.02. The van der Waals surface area contributed by atoms with Gasteiger partial charge in [0.15, 0.2) is 22.9 Å². The number of hydrogen-bond acceptors (Lipinski definition) is 6. The average Bonchev–Trinajstić information content (AvgIpc) is 3.07. The number of furan rings is 1. The largest absolute Gasteiger partial charge is 1.00 e. The van der Waals surface area contributed by atoms with Crippen LogP contribution in [0.4, 0.5) is 11.5 Å². The normalized spacial score (nSPS) is 12.8. The fourth-order valence-corrected chi connectivity index (χ4v) is 3.14. The van der Waals surface area contributed by atoms with Crippen molar-refractivity contribution in [1.82, 2.24) is 9.97 Å². The molecule has 27 heavy (non-hydrogen) atoms. The van der Waals surface area contributed by atoms with Crippen LogP contribution in [0.3, 0.4) is 0 Å². The van der Waals surface area contributed by atoms with Gasteiger partial charge >= 0.3 is 0 Å². The van der Waals surface area contributed by atoms with Crippen LogP contribution in [0, 0.1) is 0 Å². The van der Waals surface area contributed by atoms with Gasteiger partial charge in [-0.15, -0.1) is 0 Å². The SMILES string of the molecule is CCc1nc(Nc2ccc3c(c2)OCCO3)c2oc3ccccc3c2n1.[Cl-]. The number of aromatic nitrogens is 2. The minimum atomic E-state index is 0. The van der Waals surface area contributed by atoms with E-state index in [9.17, 15) is 0 Å². The molecule has 0 bridgehead atoms. The molecule has 0 saturated heterocycles. The van der Waals surface area contributed by atoms with Gasteiger partial charge in [0.2, 0.25) is 0 Å². The van der Waals surface area contributed by atoms with E-state index in [2.05, 4.69) is 15.3 Å². The van der Waals surface area contributed by atoms with E-state index in [0.717, 1.165) is 45.9 Å². The van der Waals surface area contributed by atoms with E-state index in [4.69, 9.17) is 13.9 Å². The molecular formula is C20H17ClN3O3-. The van der Waals surface area contributed by atoms with Gasteiger partial charge in [-0.25, -0.2) is 9.97 Å². The van der Waals surface area contributed by atoms with Gasteiger partial charge in [0.25, 0.3) is 0 Å². The van der Waals surface area contributed by atoms with Crippen LogP contribution in [0.1, 0.15) is 12.7 Å². The van der Waals surface area contributed by atoms with Crippen LogP contribution in [0.2, 0.25) is 0 Å². The van der Waals surface area contributed by atoms with Crippen LogP contribution < -0.4 is 27.2 Å². The van der Waals surface area contributed by atoms with Gasteiger partial charge < -0.3 is 31.6 Å². The number of fused-ring (bicyclic) bond motifs is 4. The smallest absolute Gasteiger partial charge is 0.196 e. The Labute approximate surface area is 161 Å². The molecule has 6 nitrogen and oxygen atoms in total. The number of ether oxygens (including phenoxy) is 2. The summed E-state index contributed by atoms with van der Waals surface area (Å²) in [7, 11) is 0. The third kappa shape index (κ3) is 3.02. The van der Waals surface area contributed by atoms with Gasteiger partial charge in [0.1, 0.15) is 30.1 Å². The summed E-state index contributed by atoms with van der Waals surface area (Å²) in [5.74, 6) is 2.91. The zero-order chi connectivity index (χ0) is 17.5. The number of aryl methyl sites for hydroxylation is 1. The van der Waals surface area contributed by atoms with E-state index < -0.39 is 0 Å². The molecule has 1 N–H and O–H groups in total. The Morgan fingerprint density at radius 1 is 1.00 bits per heavy atom. The number of para-hydroxylation sites is 1. The first-order chi connectivity index (χ1) is 12.8. The number of nitrogens with zero attached hydrogens (tertiary/aromatic N) is 2. The Balaban J connectivity index is 0.00000180. The summed E-state index contributed by atoms with van der Waals surface area (Å²) in [6.07, 6.45) is 0.741. The molecule has 0 aliphatic carbocycles. The molecule has 1 aliphatic rings. The van der Waals surface area contributed by atoms with Gasteiger partial charge in [0, 0.05) is 23.6 Å². The third-order valence-corrected chi connectivity index (χ3v) is 4.39. The Kier molecular flexibility index (Phi) is 4.49. The second-order valence-corrected chi connectivity index (χ2v) is 6.10. The van der Waals surface area contributed by atoms with Crippen LogP contribution >= 0.6 is 0 Å². The zero-order valence-corrected chi connectivity index (χ0v) is 15.4. The van der Waals surface area contributed by atoms with Gasteiger partial charge in [0.05, 0.1) is 0 Å². The second-order valence-electron chi connectivity index (χ2n) is 6.10. The van der Waals surface area contributed by atoms with Crippen molar-refractivity contribution >= 4 is 33.6 Å². The number of halogens is 1. The number of benzene rings is 2. The molecule has 5 rings (SSSR count). The van der Waals surface area contributed by atoms with Crippen molar-refractivity contribution in [3.8, 4) is 11.5 Å². The van der Waals surface area contributed by atoms with Crippen molar-refractivity contribution in [2.45, 2.75) is 13.3 Å². The monoisotopic (exact) mass is 382 g/mol. The van der Waals surface area contributed by atoms with E-state index in [1.165, 1.54) is 0 Å². The summed E-state index contributed by atoms with van der Waals surface area (Å²) in [6, 6.07) is 13.6. The first-order valence-electron chi connectivity index (χ1n) is 8.66. The predicted molar refractivity (Wildman–Crippen MR) is 99.4 cm³/mol. The summed E-state index contributed by atoms with van der Waals surface area (Å²) in [5.41, 5.74) is 3.14. The number of rotatable bonds is 3. The molecule has 0 amide bonds. The van der Waals surface area contributed by atoms with Crippen molar-refractivity contribution in [2.24, 2.45) is 0 Å². The third-order valence-electron chi connectivity index (χ3n) is 4.39. The topological polar surface area (TPSA) is 69.4 Å². The molecule has 138 valence electrons. The van der Waals surface area contributed by atoms with Crippen LogP contribution in [0.25, 0.3) is 22.1 Å². The van der Waals surface area contributed by atoms with Gasteiger partial charge in [-0.1, -0.05) is 19.1 Å². The van der Waals surface area contributed by atoms with E-state index in [1.54, 1.807) is 0 Å². The highest BCUT2D eigenvalue weighted by Crippen LogP contribution is 2.36. The van der Waals surface area contributed by atoms with Crippen molar-refractivity contribution < 1.29 is 26.3 Å². The fraction of sp³-hybridized carbons (Fsp3) is 0.200. The van der Waals surface area contributed by atoms with E-state index in [1.807, 2.05) is 49.4 Å². The van der Waals surface area contributed by atoms with Crippen LogP contribution in [-0.2, 0) is 6.42 Å². The molecule has 0 atom stereocenters. The van der Waals surface area contributed by atoms with Crippen molar-refractivity contribution in [2.75, 3.05) is 18.5 Å². The lowest BCUT2D eigenvalue weighted by Gasteiger charge is -2.19. The molecule has 0 saturated carbocycles. The Morgan fingerprint density at radius 3 is 2.67 bits per heavy atom. The van der Waals surface area contributed by atoms with Crippen molar-refractivity contribution in [1.29, 1.82) is 0 Å². The van der Waals surface area contributed by atoms with E-state index in [-0.39, 0.29) is 12.4 Å². The first-order valence-corrected chi connectivity index (χ1v) is 8.66. The molecule has 7 heteroatoms. The number of hydrogen-bond donors (Lipinski definition) is 1. The molecule has 4 aromatic rings. The van der Waals surface area contributed by atoms with E-state index >= 15 is 0 Å². The molecule has 0 fully saturated rings. The highest BCUT2D eigenvalue weighted by atomic mass is 35.5. The molecule has 1 aliphatic heterocycles. The molecule has 0 unspecified atom stereocenters. The summed E-state index contributed by atoms with van der Waals surface area (Å²) in [5, 5.41) is 4.34. The number of nitrogens with one attached hydrogen (secondary N) is 1. The molecule has 0 radical (unpaired) electrons. The first kappa shape index (κ1) is 17.4. The maximum atomic E-state index is 6.02. The van der Waals surface area contributed by atoms with Gasteiger partial charge in [-0.3, -0.25) is 0 Å². The predicted octanol–water partition coefficient (Wildman–Crippen LogP) is 1.46. The lowest BCUT2D eigenvalue weighted by Crippen LogP contribution is -3.00. The molecular weight excluding hydrogens is 366 g/mol. The van der Waals surface area contributed by atoms with Crippen molar-refractivity contribution in [3.05, 3.63) is 48.3 Å². The Bertz CT molecular complexity index is 1130. The highest BCUT2D eigenvalue weighted by Gasteiger charge is 2.17. The minimum absolute atomic E-state index is 0. The van der Waals surface area contributed by atoms with Crippen LogP contribution in [0.5, 0.6) is 11.5 Å². The summed E-state index contributed by atoms with van der Waals surface area (Å²) in [6.45, 7) is 3.17. The van der Waals surface area contributed by atoms with E-state index in [0.29, 0.717) is 24.6 Å². The van der Waals surface area contributed by atoms with Crippen LogP contribution in [0.15, 0.2) is 46.9 Å². The highest BCUT2D eigenvalue weighted by molar-refractivity contribution is 6.06. The number of anilines is 2. The average molecular weight is 383 g/mol. The molecule has 0 spiro atoms. The van der Waals surface area contributed by atoms with Gasteiger partial charge in [-0.05, 0) is 24.3 Å². The lowest BCUT2D eigenvalue weighted by molar-refractivity contribution is -0.00000634. The maximum Gasteiger partial charge on any atom is 0.196 e. The van der Waals surface area contributed by atoms with Crippen LogP contribution in [-0.4, -0.2) is 23.2 Å². The van der Waals surface area contributed by atoms with Crippen molar-refractivity contribution in [3.63, 3.8) is 0 Å². The lowest BCUT2D eigenvalue weighted by atomic mass is 10.2.